The molecule has 0 aromatic heterocycles. The lowest BCUT2D eigenvalue weighted by molar-refractivity contribution is -0.121. The standard InChI is InChI=1S/C16H21N3O2S/c1-4-19(5-2)16-18-15(21)13(22-16)10-14(20)17-12-8-6-11(3)7-9-12/h6-9,13H,4-5,10H2,1-3H3,(H,17,20). The van der Waals surface area contributed by atoms with Crippen molar-refractivity contribution < 1.29 is 9.59 Å². The fraction of sp³-hybridized carbons (Fsp3) is 0.438. The van der Waals surface area contributed by atoms with E-state index in [9.17, 15) is 9.59 Å². The highest BCUT2D eigenvalue weighted by Crippen LogP contribution is 2.27. The van der Waals surface area contributed by atoms with Crippen LogP contribution in [0.25, 0.3) is 0 Å². The number of hydrogen-bond donors (Lipinski definition) is 1. The molecule has 1 aromatic carbocycles. The Morgan fingerprint density at radius 3 is 2.50 bits per heavy atom. The van der Waals surface area contributed by atoms with Gasteiger partial charge >= 0.3 is 0 Å². The molecule has 1 aromatic rings. The molecule has 118 valence electrons. The fourth-order valence-corrected chi connectivity index (χ4v) is 3.35. The topological polar surface area (TPSA) is 61.8 Å². The highest BCUT2D eigenvalue weighted by Gasteiger charge is 2.32. The highest BCUT2D eigenvalue weighted by atomic mass is 32.2. The normalized spacial score (nSPS) is 17.3. The number of nitrogens with one attached hydrogen (secondary N) is 1. The van der Waals surface area contributed by atoms with Gasteiger partial charge in [-0.15, -0.1) is 0 Å². The van der Waals surface area contributed by atoms with Gasteiger partial charge in [-0.2, -0.15) is 4.99 Å². The van der Waals surface area contributed by atoms with Crippen LogP contribution in [0.15, 0.2) is 29.3 Å². The summed E-state index contributed by atoms with van der Waals surface area (Å²) >= 11 is 1.38. The Morgan fingerprint density at radius 1 is 1.27 bits per heavy atom. The molecule has 22 heavy (non-hydrogen) atoms. The monoisotopic (exact) mass is 319 g/mol. The van der Waals surface area contributed by atoms with E-state index >= 15 is 0 Å². The van der Waals surface area contributed by atoms with Crippen molar-refractivity contribution in [3.05, 3.63) is 29.8 Å². The molecule has 6 heteroatoms. The molecule has 1 atom stereocenters. The van der Waals surface area contributed by atoms with Gasteiger partial charge in [-0.25, -0.2) is 0 Å². The number of carbonyl (C=O) groups excluding carboxylic acids is 2. The predicted molar refractivity (Wildman–Crippen MR) is 91.2 cm³/mol. The zero-order valence-corrected chi connectivity index (χ0v) is 13.9. The van der Waals surface area contributed by atoms with Gasteiger partial charge in [-0.3, -0.25) is 9.59 Å². The second kappa shape index (κ2) is 7.45. The number of amides is 2. The Kier molecular flexibility index (Phi) is 5.60. The van der Waals surface area contributed by atoms with E-state index in [0.29, 0.717) is 0 Å². The zero-order chi connectivity index (χ0) is 16.1. The number of aryl methyl sites for hydroxylation is 1. The Labute approximate surface area is 135 Å². The maximum absolute atomic E-state index is 12.1. The molecule has 1 aliphatic heterocycles. The van der Waals surface area contributed by atoms with Gasteiger partial charge in [0, 0.05) is 25.2 Å². The summed E-state index contributed by atoms with van der Waals surface area (Å²) in [6.45, 7) is 7.64. The van der Waals surface area contributed by atoms with Crippen molar-refractivity contribution >= 4 is 34.4 Å². The van der Waals surface area contributed by atoms with Gasteiger partial charge < -0.3 is 10.2 Å². The van der Waals surface area contributed by atoms with E-state index in [-0.39, 0.29) is 18.2 Å². The number of rotatable bonds is 5. The van der Waals surface area contributed by atoms with Crippen LogP contribution in [-0.2, 0) is 9.59 Å². The molecule has 0 aliphatic carbocycles. The molecule has 0 bridgehead atoms. The van der Waals surface area contributed by atoms with E-state index in [1.807, 2.05) is 49.9 Å². The summed E-state index contributed by atoms with van der Waals surface area (Å²) in [6.07, 6.45) is 0.144. The number of aliphatic imine (C=N–C) groups is 1. The van der Waals surface area contributed by atoms with Gasteiger partial charge in [0.1, 0.15) is 5.25 Å². The Bertz CT molecular complexity index is 580. The van der Waals surface area contributed by atoms with E-state index in [0.717, 1.165) is 29.5 Å². The second-order valence-corrected chi connectivity index (χ2v) is 6.30. The second-order valence-electron chi connectivity index (χ2n) is 5.13. The average Bonchev–Trinajstić information content (AvgIpc) is 2.84. The van der Waals surface area contributed by atoms with Crippen LogP contribution in [0, 0.1) is 6.92 Å². The molecule has 0 saturated carbocycles. The summed E-state index contributed by atoms with van der Waals surface area (Å²) in [5, 5.41) is 3.13. The third kappa shape index (κ3) is 4.10. The molecule has 0 fully saturated rings. The van der Waals surface area contributed by atoms with Gasteiger partial charge in [-0.05, 0) is 32.9 Å². The van der Waals surface area contributed by atoms with E-state index in [2.05, 4.69) is 10.3 Å². The maximum atomic E-state index is 12.1. The summed E-state index contributed by atoms with van der Waals surface area (Å²) in [5.74, 6) is -0.378. The quantitative estimate of drug-likeness (QED) is 0.906. The van der Waals surface area contributed by atoms with Gasteiger partial charge in [0.25, 0.3) is 5.91 Å². The Balaban J connectivity index is 1.90. The molecule has 1 N–H and O–H groups in total. The lowest BCUT2D eigenvalue weighted by atomic mass is 10.2. The van der Waals surface area contributed by atoms with Gasteiger partial charge in [-0.1, -0.05) is 29.5 Å². The number of amidine groups is 1. The first-order valence-corrected chi connectivity index (χ1v) is 8.32. The number of nitrogens with zero attached hydrogens (tertiary/aromatic N) is 2. The van der Waals surface area contributed by atoms with Crippen molar-refractivity contribution in [1.29, 1.82) is 0 Å². The molecular weight excluding hydrogens is 298 g/mol. The highest BCUT2D eigenvalue weighted by molar-refractivity contribution is 8.15. The van der Waals surface area contributed by atoms with Gasteiger partial charge in [0.2, 0.25) is 5.91 Å². The van der Waals surface area contributed by atoms with Gasteiger partial charge in [0.15, 0.2) is 5.17 Å². The van der Waals surface area contributed by atoms with Crippen molar-refractivity contribution in [1.82, 2.24) is 4.90 Å². The summed E-state index contributed by atoms with van der Waals surface area (Å²) in [5.41, 5.74) is 1.88. The zero-order valence-electron chi connectivity index (χ0n) is 13.1. The van der Waals surface area contributed by atoms with Crippen LogP contribution in [-0.4, -0.2) is 40.2 Å². The maximum Gasteiger partial charge on any atom is 0.262 e. The smallest absolute Gasteiger partial charge is 0.262 e. The number of hydrogen-bond acceptors (Lipinski definition) is 4. The number of anilines is 1. The first kappa shape index (κ1) is 16.5. The molecule has 2 amide bonds. The number of benzene rings is 1. The lowest BCUT2D eigenvalue weighted by Crippen LogP contribution is -2.27. The van der Waals surface area contributed by atoms with Crippen LogP contribution < -0.4 is 5.32 Å². The SMILES string of the molecule is CCN(CC)C1=NC(=O)C(CC(=O)Nc2ccc(C)cc2)S1. The van der Waals surface area contributed by atoms with Crippen molar-refractivity contribution in [3.8, 4) is 0 Å². The number of thioether (sulfide) groups is 1. The third-order valence-electron chi connectivity index (χ3n) is 3.47. The van der Waals surface area contributed by atoms with Gasteiger partial charge in [0.05, 0.1) is 0 Å². The first-order valence-electron chi connectivity index (χ1n) is 7.44. The van der Waals surface area contributed by atoms with E-state index in [4.69, 9.17) is 0 Å². The summed E-state index contributed by atoms with van der Waals surface area (Å²) in [7, 11) is 0. The molecule has 1 heterocycles. The lowest BCUT2D eigenvalue weighted by Gasteiger charge is -2.19. The molecule has 5 nitrogen and oxygen atoms in total. The Hall–Kier alpha value is -1.82. The van der Waals surface area contributed by atoms with Crippen LogP contribution in [0.3, 0.4) is 0 Å². The van der Waals surface area contributed by atoms with Crippen LogP contribution in [0.1, 0.15) is 25.8 Å². The van der Waals surface area contributed by atoms with Crippen molar-refractivity contribution in [2.24, 2.45) is 4.99 Å². The van der Waals surface area contributed by atoms with Crippen LogP contribution in [0.5, 0.6) is 0 Å². The average molecular weight is 319 g/mol. The molecular formula is C16H21N3O2S. The predicted octanol–water partition coefficient (Wildman–Crippen LogP) is 2.66. The largest absolute Gasteiger partial charge is 0.352 e. The molecule has 1 aliphatic rings. The van der Waals surface area contributed by atoms with E-state index < -0.39 is 5.25 Å². The van der Waals surface area contributed by atoms with E-state index in [1.165, 1.54) is 11.8 Å². The minimum atomic E-state index is -0.416. The Morgan fingerprint density at radius 2 is 1.91 bits per heavy atom. The summed E-state index contributed by atoms with van der Waals surface area (Å²) < 4.78 is 0. The third-order valence-corrected chi connectivity index (χ3v) is 4.68. The molecule has 1 unspecified atom stereocenters. The molecule has 2 rings (SSSR count). The minimum absolute atomic E-state index is 0.144. The fourth-order valence-electron chi connectivity index (χ4n) is 2.16. The van der Waals surface area contributed by atoms with E-state index in [1.54, 1.807) is 0 Å². The summed E-state index contributed by atoms with van der Waals surface area (Å²) in [4.78, 5) is 30.1. The van der Waals surface area contributed by atoms with Crippen LogP contribution >= 0.6 is 11.8 Å². The first-order chi connectivity index (χ1) is 10.5. The molecule has 0 radical (unpaired) electrons. The number of carbonyl (C=O) groups is 2. The van der Waals surface area contributed by atoms with Crippen LogP contribution in [0.2, 0.25) is 0 Å². The van der Waals surface area contributed by atoms with Crippen molar-refractivity contribution in [2.45, 2.75) is 32.4 Å². The molecule has 0 saturated heterocycles. The van der Waals surface area contributed by atoms with Crippen molar-refractivity contribution in [2.75, 3.05) is 18.4 Å². The van der Waals surface area contributed by atoms with Crippen molar-refractivity contribution in [3.63, 3.8) is 0 Å². The van der Waals surface area contributed by atoms with Crippen LogP contribution in [0.4, 0.5) is 5.69 Å². The molecule has 0 spiro atoms. The minimum Gasteiger partial charge on any atom is -0.352 e. The summed E-state index contributed by atoms with van der Waals surface area (Å²) in [6, 6.07) is 7.59.